The Balaban J connectivity index is 0. The molecule has 0 bridgehead atoms. The van der Waals surface area contributed by atoms with Crippen molar-refractivity contribution < 1.29 is 4.79 Å². The molecule has 0 unspecified atom stereocenters. The monoisotopic (exact) mass is 298 g/mol. The molecule has 0 radical (unpaired) electrons. The van der Waals surface area contributed by atoms with Gasteiger partial charge in [0.05, 0.1) is 0 Å². The van der Waals surface area contributed by atoms with E-state index in [2.05, 4.69) is 27.7 Å². The summed E-state index contributed by atoms with van der Waals surface area (Å²) in [4.78, 5) is 9.44. The zero-order valence-electron chi connectivity index (χ0n) is 15.9. The van der Waals surface area contributed by atoms with Crippen molar-refractivity contribution in [3.05, 3.63) is 0 Å². The van der Waals surface area contributed by atoms with Crippen LogP contribution in [0.3, 0.4) is 0 Å². The Labute approximate surface area is 135 Å². The van der Waals surface area contributed by atoms with E-state index in [1.54, 1.807) is 0 Å². The predicted octanol–water partition coefficient (Wildman–Crippen LogP) is 7.33. The van der Waals surface area contributed by atoms with Gasteiger partial charge in [-0.1, -0.05) is 79.1 Å². The molecule has 0 saturated heterocycles. The van der Waals surface area contributed by atoms with Gasteiger partial charge in [-0.2, -0.15) is 0 Å². The van der Waals surface area contributed by atoms with Crippen molar-refractivity contribution in [1.29, 1.82) is 0 Å². The normalized spacial score (nSPS) is 11.0. The number of ketones is 1. The highest BCUT2D eigenvalue weighted by molar-refractivity contribution is 5.72. The molecule has 0 heterocycles. The largest absolute Gasteiger partial charge is 0.300 e. The van der Waals surface area contributed by atoms with Crippen molar-refractivity contribution in [1.82, 2.24) is 0 Å². The average Bonchev–Trinajstić information content (AvgIpc) is 2.45. The summed E-state index contributed by atoms with van der Waals surface area (Å²) >= 11 is 0. The SMILES string of the molecule is CC(C)=O.CCCCC(CCCC)(CCCC)CCCC. The highest BCUT2D eigenvalue weighted by atomic mass is 16.1. The summed E-state index contributed by atoms with van der Waals surface area (Å²) < 4.78 is 0. The van der Waals surface area contributed by atoms with Crippen molar-refractivity contribution in [2.24, 2.45) is 5.41 Å². The fourth-order valence-corrected chi connectivity index (χ4v) is 2.96. The highest BCUT2D eigenvalue weighted by Gasteiger charge is 2.27. The number of rotatable bonds is 12. The molecule has 0 fully saturated rings. The van der Waals surface area contributed by atoms with Gasteiger partial charge in [-0.05, 0) is 44.9 Å². The Kier molecular flexibility index (Phi) is 17.5. The molecule has 1 heteroatoms. The second-order valence-electron chi connectivity index (χ2n) is 6.82. The van der Waals surface area contributed by atoms with Gasteiger partial charge in [-0.25, -0.2) is 0 Å². The van der Waals surface area contributed by atoms with Gasteiger partial charge in [0, 0.05) is 0 Å². The maximum Gasteiger partial charge on any atom is 0.126 e. The van der Waals surface area contributed by atoms with E-state index in [0.29, 0.717) is 5.41 Å². The quantitative estimate of drug-likeness (QED) is 0.368. The molecule has 0 rings (SSSR count). The summed E-state index contributed by atoms with van der Waals surface area (Å²) in [5.74, 6) is 0.167. The minimum atomic E-state index is 0.167. The molecule has 0 aliphatic heterocycles. The van der Waals surface area contributed by atoms with Gasteiger partial charge in [-0.3, -0.25) is 0 Å². The van der Waals surface area contributed by atoms with Gasteiger partial charge >= 0.3 is 0 Å². The van der Waals surface area contributed by atoms with Gasteiger partial charge in [0.15, 0.2) is 0 Å². The summed E-state index contributed by atoms with van der Waals surface area (Å²) in [5.41, 5.74) is 0.706. The molecule has 0 spiro atoms. The number of carbonyl (C=O) groups is 1. The summed E-state index contributed by atoms with van der Waals surface area (Å²) in [6, 6.07) is 0. The molecule has 0 N–H and O–H groups in total. The average molecular weight is 299 g/mol. The van der Waals surface area contributed by atoms with E-state index in [0.717, 1.165) is 0 Å². The first-order chi connectivity index (χ1) is 9.97. The molecule has 0 aromatic rings. The highest BCUT2D eigenvalue weighted by Crippen LogP contribution is 2.41. The van der Waals surface area contributed by atoms with E-state index in [9.17, 15) is 4.79 Å². The number of hydrogen-bond donors (Lipinski definition) is 0. The van der Waals surface area contributed by atoms with E-state index >= 15 is 0 Å². The van der Waals surface area contributed by atoms with E-state index < -0.39 is 0 Å². The van der Waals surface area contributed by atoms with Crippen LogP contribution in [-0.2, 0) is 4.79 Å². The lowest BCUT2D eigenvalue weighted by Crippen LogP contribution is -2.21. The minimum absolute atomic E-state index is 0.167. The van der Waals surface area contributed by atoms with Gasteiger partial charge in [0.2, 0.25) is 0 Å². The van der Waals surface area contributed by atoms with Gasteiger partial charge in [0.1, 0.15) is 5.78 Å². The van der Waals surface area contributed by atoms with Crippen LogP contribution in [0.1, 0.15) is 119 Å². The van der Waals surface area contributed by atoms with Crippen LogP contribution < -0.4 is 0 Å². The third-order valence-electron chi connectivity index (χ3n) is 4.24. The van der Waals surface area contributed by atoms with Crippen LogP contribution in [0.2, 0.25) is 0 Å². The van der Waals surface area contributed by atoms with Crippen LogP contribution in [0.15, 0.2) is 0 Å². The molecule has 0 aromatic carbocycles. The standard InChI is InChI=1S/C17H36.C3H6O/c1-5-9-13-17(14-10-6-2,15-11-7-3)16-12-8-4;1-3(2)4/h5-16H2,1-4H3;1-2H3. The second-order valence-corrected chi connectivity index (χ2v) is 6.82. The smallest absolute Gasteiger partial charge is 0.126 e. The fourth-order valence-electron chi connectivity index (χ4n) is 2.96. The van der Waals surface area contributed by atoms with Crippen LogP contribution in [0.25, 0.3) is 0 Å². The third-order valence-corrected chi connectivity index (χ3v) is 4.24. The second kappa shape index (κ2) is 16.0. The maximum atomic E-state index is 9.44. The molecule has 0 aromatic heterocycles. The van der Waals surface area contributed by atoms with E-state index in [4.69, 9.17) is 0 Å². The molecular weight excluding hydrogens is 256 g/mol. The molecule has 128 valence electrons. The van der Waals surface area contributed by atoms with Crippen LogP contribution in [0.5, 0.6) is 0 Å². The van der Waals surface area contributed by atoms with Crippen molar-refractivity contribution in [3.63, 3.8) is 0 Å². The van der Waals surface area contributed by atoms with Crippen molar-refractivity contribution in [2.75, 3.05) is 0 Å². The lowest BCUT2D eigenvalue weighted by Gasteiger charge is -2.34. The third kappa shape index (κ3) is 15.9. The summed E-state index contributed by atoms with van der Waals surface area (Å²) in [6.07, 6.45) is 17.2. The molecule has 0 atom stereocenters. The maximum absolute atomic E-state index is 9.44. The molecule has 0 aliphatic carbocycles. The van der Waals surface area contributed by atoms with Gasteiger partial charge in [0.25, 0.3) is 0 Å². The Hall–Kier alpha value is -0.330. The Morgan fingerprint density at radius 2 is 0.810 bits per heavy atom. The zero-order valence-corrected chi connectivity index (χ0v) is 15.9. The van der Waals surface area contributed by atoms with E-state index in [-0.39, 0.29) is 5.78 Å². The molecule has 0 amide bonds. The number of carbonyl (C=O) groups excluding carboxylic acids is 1. The Morgan fingerprint density at radius 3 is 0.952 bits per heavy atom. The molecule has 0 aliphatic rings. The first-order valence-corrected chi connectivity index (χ1v) is 9.45. The number of unbranched alkanes of at least 4 members (excludes halogenated alkanes) is 4. The zero-order chi connectivity index (χ0) is 16.6. The Bertz CT molecular complexity index is 178. The summed E-state index contributed by atoms with van der Waals surface area (Å²) in [7, 11) is 0. The Morgan fingerprint density at radius 1 is 0.619 bits per heavy atom. The topological polar surface area (TPSA) is 17.1 Å². The molecule has 1 nitrogen and oxygen atoms in total. The van der Waals surface area contributed by atoms with E-state index in [1.807, 2.05) is 0 Å². The number of hydrogen-bond acceptors (Lipinski definition) is 1. The van der Waals surface area contributed by atoms with Crippen LogP contribution in [0.4, 0.5) is 0 Å². The predicted molar refractivity (Wildman–Crippen MR) is 96.9 cm³/mol. The van der Waals surface area contributed by atoms with Crippen LogP contribution >= 0.6 is 0 Å². The molecule has 0 saturated carbocycles. The van der Waals surface area contributed by atoms with Crippen LogP contribution in [-0.4, -0.2) is 5.78 Å². The summed E-state index contributed by atoms with van der Waals surface area (Å²) in [6.45, 7) is 12.4. The van der Waals surface area contributed by atoms with E-state index in [1.165, 1.54) is 90.9 Å². The lowest BCUT2D eigenvalue weighted by atomic mass is 9.71. The van der Waals surface area contributed by atoms with Crippen molar-refractivity contribution >= 4 is 5.78 Å². The first kappa shape index (κ1) is 22.9. The van der Waals surface area contributed by atoms with Crippen molar-refractivity contribution in [2.45, 2.75) is 119 Å². The van der Waals surface area contributed by atoms with Gasteiger partial charge in [-0.15, -0.1) is 0 Å². The lowest BCUT2D eigenvalue weighted by molar-refractivity contribution is -0.114. The first-order valence-electron chi connectivity index (χ1n) is 9.45. The van der Waals surface area contributed by atoms with Crippen molar-refractivity contribution in [3.8, 4) is 0 Å². The molecular formula is C20H42O. The number of Topliss-reactive ketones (excluding diaryl/α,β-unsaturated/α-hetero) is 1. The minimum Gasteiger partial charge on any atom is -0.300 e. The fraction of sp³-hybridized carbons (Fsp3) is 0.950. The van der Waals surface area contributed by atoms with Crippen LogP contribution in [0, 0.1) is 5.41 Å². The summed E-state index contributed by atoms with van der Waals surface area (Å²) in [5, 5.41) is 0. The van der Waals surface area contributed by atoms with Gasteiger partial charge < -0.3 is 4.79 Å². The molecule has 21 heavy (non-hydrogen) atoms.